The summed E-state index contributed by atoms with van der Waals surface area (Å²) in [6, 6.07) is 15.6. The summed E-state index contributed by atoms with van der Waals surface area (Å²) in [6.07, 6.45) is 9.85. The third kappa shape index (κ3) is 7.17. The normalized spacial score (nSPS) is 18.8. The smallest absolute Gasteiger partial charge is 0.256 e. The Labute approximate surface area is 276 Å². The van der Waals surface area contributed by atoms with Gasteiger partial charge in [0.1, 0.15) is 0 Å². The van der Waals surface area contributed by atoms with Crippen LogP contribution in [-0.2, 0) is 13.0 Å². The highest BCUT2D eigenvalue weighted by molar-refractivity contribution is 6.03. The first-order valence-corrected chi connectivity index (χ1v) is 16.3. The molecule has 0 radical (unpaired) electrons. The molecular formula is C37H42N4O6. The number of unbranched alkanes of at least 4 members (excludes halogenated alkanes) is 2. The maximum absolute atomic E-state index is 13.1. The van der Waals surface area contributed by atoms with Crippen LogP contribution in [0.4, 0.5) is 11.4 Å². The van der Waals surface area contributed by atoms with Crippen molar-refractivity contribution in [3.63, 3.8) is 0 Å². The number of aldehydes is 1. The second kappa shape index (κ2) is 14.8. The number of carbonyl (C=O) groups is 2. The van der Waals surface area contributed by atoms with Crippen LogP contribution in [0.3, 0.4) is 0 Å². The molecule has 0 N–H and O–H groups in total. The lowest BCUT2D eigenvalue weighted by Gasteiger charge is -2.31. The van der Waals surface area contributed by atoms with Crippen LogP contribution in [0.15, 0.2) is 58.5 Å². The number of fused-ring (bicyclic) bond motifs is 3. The molecule has 3 aliphatic rings. The van der Waals surface area contributed by atoms with E-state index in [0.29, 0.717) is 58.7 Å². The zero-order chi connectivity index (χ0) is 32.8. The van der Waals surface area contributed by atoms with E-state index in [2.05, 4.69) is 41.2 Å². The molecule has 0 bridgehead atoms. The quantitative estimate of drug-likeness (QED) is 0.124. The fourth-order valence-corrected chi connectivity index (χ4v) is 6.42. The molecule has 6 rings (SSSR count). The van der Waals surface area contributed by atoms with Gasteiger partial charge in [-0.1, -0.05) is 24.3 Å². The second-order valence-electron chi connectivity index (χ2n) is 12.2. The molecule has 1 fully saturated rings. The minimum Gasteiger partial charge on any atom is -0.493 e. The van der Waals surface area contributed by atoms with Crippen LogP contribution < -0.4 is 18.9 Å². The number of hydrogen-bond acceptors (Lipinski definition) is 9. The zero-order valence-electron chi connectivity index (χ0n) is 27.3. The first-order chi connectivity index (χ1) is 23.0. The van der Waals surface area contributed by atoms with E-state index in [1.54, 1.807) is 38.5 Å². The van der Waals surface area contributed by atoms with E-state index in [0.717, 1.165) is 57.9 Å². The average molecular weight is 639 g/mol. The Balaban J connectivity index is 1.02. The lowest BCUT2D eigenvalue weighted by molar-refractivity contribution is 0.0774. The molecule has 3 heterocycles. The summed E-state index contributed by atoms with van der Waals surface area (Å²) in [6.45, 7) is 2.56. The molecule has 1 saturated heterocycles. The van der Waals surface area contributed by atoms with Crippen LogP contribution in [-0.4, -0.2) is 87.5 Å². The first kappa shape index (κ1) is 32.2. The summed E-state index contributed by atoms with van der Waals surface area (Å²) >= 11 is 0. The van der Waals surface area contributed by atoms with E-state index in [1.165, 1.54) is 11.1 Å². The van der Waals surface area contributed by atoms with Gasteiger partial charge in [-0.2, -0.15) is 0 Å². The third-order valence-electron chi connectivity index (χ3n) is 9.12. The summed E-state index contributed by atoms with van der Waals surface area (Å²) < 4.78 is 23.3. The van der Waals surface area contributed by atoms with Crippen LogP contribution in [0.1, 0.15) is 63.9 Å². The average Bonchev–Trinajstić information content (AvgIpc) is 3.53. The van der Waals surface area contributed by atoms with Gasteiger partial charge < -0.3 is 23.8 Å². The number of rotatable bonds is 13. The van der Waals surface area contributed by atoms with Crippen molar-refractivity contribution in [1.29, 1.82) is 0 Å². The fourth-order valence-electron chi connectivity index (χ4n) is 6.42. The minimum atomic E-state index is -0.0100. The highest BCUT2D eigenvalue weighted by Gasteiger charge is 2.32. The SMILES string of the molecule is COc1cc(C=O)c(N=CC2Cc3ccccc3CN2C)cc1OCCCCCOc1cc2c(cc1OC)C(=O)N1CCCC1C=N2. The maximum Gasteiger partial charge on any atom is 0.256 e. The second-order valence-corrected chi connectivity index (χ2v) is 12.2. The van der Waals surface area contributed by atoms with Gasteiger partial charge in [0.15, 0.2) is 29.3 Å². The molecule has 0 aromatic heterocycles. The van der Waals surface area contributed by atoms with Gasteiger partial charge in [-0.3, -0.25) is 24.5 Å². The molecule has 3 aromatic carbocycles. The van der Waals surface area contributed by atoms with Crippen LogP contribution >= 0.6 is 0 Å². The molecule has 0 aliphatic carbocycles. The highest BCUT2D eigenvalue weighted by Crippen LogP contribution is 2.38. The summed E-state index contributed by atoms with van der Waals surface area (Å²) in [5, 5.41) is 0. The van der Waals surface area contributed by atoms with Crippen molar-refractivity contribution < 1.29 is 28.5 Å². The van der Waals surface area contributed by atoms with E-state index < -0.39 is 0 Å². The van der Waals surface area contributed by atoms with Crippen LogP contribution in [0.25, 0.3) is 0 Å². The molecule has 3 aliphatic heterocycles. The standard InChI is InChI=1S/C37H42N4O6/c1-40-23-26-11-6-5-10-25(26)16-29(40)22-38-31-19-35(33(44-2)17-27(31)24-42)46-14-7-4-8-15-47-36-20-32-30(18-34(36)45-3)37(43)41-13-9-12-28(41)21-39-32/h5-6,10-11,17-22,24,28-29H,4,7-9,12-16,23H2,1-3H3. The topological polar surface area (TPSA) is 102 Å². The Morgan fingerprint density at radius 1 is 0.936 bits per heavy atom. The van der Waals surface area contributed by atoms with Gasteiger partial charge in [-0.15, -0.1) is 0 Å². The predicted molar refractivity (Wildman–Crippen MR) is 182 cm³/mol. The summed E-state index contributed by atoms with van der Waals surface area (Å²) in [4.78, 5) is 38.5. The fraction of sp³-hybridized carbons (Fsp3) is 0.405. The van der Waals surface area contributed by atoms with Crippen LogP contribution in [0.5, 0.6) is 23.0 Å². The minimum absolute atomic E-state index is 0.0100. The number of methoxy groups -OCH3 is 2. The van der Waals surface area contributed by atoms with Crippen LogP contribution in [0, 0.1) is 0 Å². The molecule has 10 nitrogen and oxygen atoms in total. The summed E-state index contributed by atoms with van der Waals surface area (Å²) in [5.74, 6) is 2.14. The Morgan fingerprint density at radius 2 is 1.66 bits per heavy atom. The molecule has 2 unspecified atom stereocenters. The number of hydrogen-bond donors (Lipinski definition) is 0. The largest absolute Gasteiger partial charge is 0.493 e. The Kier molecular flexibility index (Phi) is 10.2. The van der Waals surface area contributed by atoms with Gasteiger partial charge in [-0.25, -0.2) is 0 Å². The number of aliphatic imine (C=N–C) groups is 2. The molecule has 2 atom stereocenters. The molecule has 0 spiro atoms. The molecule has 0 saturated carbocycles. The lowest BCUT2D eigenvalue weighted by Crippen LogP contribution is -2.38. The Bertz CT molecular complexity index is 1670. The van der Waals surface area contributed by atoms with Gasteiger partial charge in [0.25, 0.3) is 5.91 Å². The number of ether oxygens (including phenoxy) is 4. The van der Waals surface area contributed by atoms with Crippen molar-refractivity contribution in [2.75, 3.05) is 41.0 Å². The van der Waals surface area contributed by atoms with Crippen molar-refractivity contribution >= 4 is 36.0 Å². The third-order valence-corrected chi connectivity index (χ3v) is 9.12. The molecule has 3 aromatic rings. The summed E-state index contributed by atoms with van der Waals surface area (Å²) in [7, 11) is 5.23. The van der Waals surface area contributed by atoms with E-state index in [-0.39, 0.29) is 18.0 Å². The molecule has 10 heteroatoms. The predicted octanol–water partition coefficient (Wildman–Crippen LogP) is 6.22. The number of likely N-dealkylation sites (N-methyl/N-ethyl adjacent to an activating group) is 1. The molecule has 246 valence electrons. The lowest BCUT2D eigenvalue weighted by atomic mass is 9.95. The Morgan fingerprint density at radius 3 is 2.40 bits per heavy atom. The Hall–Kier alpha value is -4.70. The van der Waals surface area contributed by atoms with Crippen molar-refractivity contribution in [3.05, 3.63) is 70.8 Å². The van der Waals surface area contributed by atoms with Gasteiger partial charge in [0.2, 0.25) is 0 Å². The van der Waals surface area contributed by atoms with Crippen molar-refractivity contribution in [3.8, 4) is 23.0 Å². The zero-order valence-corrected chi connectivity index (χ0v) is 27.3. The van der Waals surface area contributed by atoms with Gasteiger partial charge in [0, 0.05) is 49.3 Å². The van der Waals surface area contributed by atoms with E-state index in [4.69, 9.17) is 23.9 Å². The highest BCUT2D eigenvalue weighted by atomic mass is 16.5. The van der Waals surface area contributed by atoms with Crippen molar-refractivity contribution in [2.45, 2.75) is 57.2 Å². The number of nitrogens with zero attached hydrogens (tertiary/aromatic N) is 4. The molecule has 1 amide bonds. The number of carbonyl (C=O) groups excluding carboxylic acids is 2. The van der Waals surface area contributed by atoms with Gasteiger partial charge in [0.05, 0.1) is 50.4 Å². The molecular weight excluding hydrogens is 596 g/mol. The van der Waals surface area contributed by atoms with E-state index in [9.17, 15) is 9.59 Å². The summed E-state index contributed by atoms with van der Waals surface area (Å²) in [5.41, 5.74) is 4.82. The van der Waals surface area contributed by atoms with Crippen LogP contribution in [0.2, 0.25) is 0 Å². The van der Waals surface area contributed by atoms with Crippen molar-refractivity contribution in [1.82, 2.24) is 9.80 Å². The monoisotopic (exact) mass is 638 g/mol. The van der Waals surface area contributed by atoms with E-state index in [1.807, 2.05) is 17.3 Å². The van der Waals surface area contributed by atoms with Crippen molar-refractivity contribution in [2.24, 2.45) is 9.98 Å². The van der Waals surface area contributed by atoms with Gasteiger partial charge >= 0.3 is 0 Å². The molecule has 47 heavy (non-hydrogen) atoms. The van der Waals surface area contributed by atoms with E-state index >= 15 is 0 Å². The maximum atomic E-state index is 13.1. The van der Waals surface area contributed by atoms with Gasteiger partial charge in [-0.05, 0) is 68.8 Å². The number of benzene rings is 3. The number of amides is 1. The first-order valence-electron chi connectivity index (χ1n) is 16.3.